The maximum atomic E-state index is 13.4. The molecule has 0 heterocycles. The van der Waals surface area contributed by atoms with Crippen molar-refractivity contribution in [3.05, 3.63) is 35.4 Å². The first-order valence-electron chi connectivity index (χ1n) is 5.75. The Bertz CT molecular complexity index is 378. The van der Waals surface area contributed by atoms with E-state index in [0.717, 1.165) is 12.1 Å². The van der Waals surface area contributed by atoms with E-state index in [2.05, 4.69) is 19.2 Å². The van der Waals surface area contributed by atoms with E-state index in [9.17, 15) is 13.9 Å². The lowest BCUT2D eigenvalue weighted by atomic mass is 10.1. The molecule has 18 heavy (non-hydrogen) atoms. The van der Waals surface area contributed by atoms with Crippen LogP contribution in [-0.2, 0) is 0 Å². The lowest BCUT2D eigenvalue weighted by molar-refractivity contribution is 0.164. The van der Waals surface area contributed by atoms with Crippen LogP contribution in [0.15, 0.2) is 18.2 Å². The normalized spacial score (nSPS) is 13.7. The number of aliphatic hydroxyl groups is 1. The molecular weight excluding hydrogens is 256 g/mol. The van der Waals surface area contributed by atoms with Gasteiger partial charge in [0.2, 0.25) is 0 Å². The number of thioether (sulfide) groups is 1. The quantitative estimate of drug-likeness (QED) is 0.837. The highest BCUT2D eigenvalue weighted by Gasteiger charge is 2.19. The molecule has 0 saturated carbocycles. The highest BCUT2D eigenvalue weighted by atomic mass is 32.2. The molecule has 1 atom stereocenters. The van der Waals surface area contributed by atoms with Gasteiger partial charge >= 0.3 is 0 Å². The van der Waals surface area contributed by atoms with Crippen LogP contribution in [0, 0.1) is 11.6 Å². The molecule has 0 amide bonds. The van der Waals surface area contributed by atoms with E-state index in [4.69, 9.17) is 0 Å². The van der Waals surface area contributed by atoms with E-state index in [-0.39, 0.29) is 16.9 Å². The fourth-order valence-corrected chi connectivity index (χ4v) is 1.76. The predicted molar refractivity (Wildman–Crippen MR) is 71.8 cm³/mol. The molecule has 5 heteroatoms. The number of rotatable bonds is 6. The van der Waals surface area contributed by atoms with Crippen LogP contribution in [0.25, 0.3) is 0 Å². The molecule has 0 fully saturated rings. The van der Waals surface area contributed by atoms with E-state index in [1.807, 2.05) is 6.26 Å². The van der Waals surface area contributed by atoms with Gasteiger partial charge in [-0.05, 0) is 32.2 Å². The Hall–Kier alpha value is -0.650. The molecule has 1 aromatic rings. The van der Waals surface area contributed by atoms with Crippen molar-refractivity contribution in [2.75, 3.05) is 19.3 Å². The van der Waals surface area contributed by atoms with Crippen molar-refractivity contribution in [1.82, 2.24) is 5.32 Å². The van der Waals surface area contributed by atoms with Crippen LogP contribution in [0.4, 0.5) is 8.78 Å². The zero-order valence-corrected chi connectivity index (χ0v) is 11.7. The topological polar surface area (TPSA) is 32.3 Å². The third kappa shape index (κ3) is 4.23. The second-order valence-corrected chi connectivity index (χ2v) is 6.26. The van der Waals surface area contributed by atoms with Gasteiger partial charge in [0, 0.05) is 17.8 Å². The summed E-state index contributed by atoms with van der Waals surface area (Å²) in [6.45, 7) is 4.89. The first-order chi connectivity index (χ1) is 8.37. The summed E-state index contributed by atoms with van der Waals surface area (Å²) in [5.41, 5.74) is -0.271. The first-order valence-corrected chi connectivity index (χ1v) is 6.97. The van der Waals surface area contributed by atoms with Crippen LogP contribution >= 0.6 is 11.8 Å². The third-order valence-electron chi connectivity index (χ3n) is 2.77. The molecule has 1 rings (SSSR count). The molecule has 2 nitrogen and oxygen atoms in total. The Balaban J connectivity index is 2.58. The van der Waals surface area contributed by atoms with Crippen LogP contribution in [-0.4, -0.2) is 29.2 Å². The van der Waals surface area contributed by atoms with Gasteiger partial charge in [-0.25, -0.2) is 8.78 Å². The minimum atomic E-state index is -1.18. The van der Waals surface area contributed by atoms with Crippen molar-refractivity contribution in [3.63, 3.8) is 0 Å². The minimum absolute atomic E-state index is 0.0213. The van der Waals surface area contributed by atoms with E-state index in [1.165, 1.54) is 6.07 Å². The Kier molecular flexibility index (Phi) is 5.56. The molecule has 1 unspecified atom stereocenters. The second-order valence-electron chi connectivity index (χ2n) is 4.75. The van der Waals surface area contributed by atoms with Crippen molar-refractivity contribution >= 4 is 11.8 Å². The Labute approximate surface area is 111 Å². The van der Waals surface area contributed by atoms with Crippen LogP contribution in [0.5, 0.6) is 0 Å². The molecule has 102 valence electrons. The van der Waals surface area contributed by atoms with E-state index >= 15 is 0 Å². The van der Waals surface area contributed by atoms with Gasteiger partial charge in [-0.2, -0.15) is 11.8 Å². The summed E-state index contributed by atoms with van der Waals surface area (Å²) in [4.78, 5) is 0. The summed E-state index contributed by atoms with van der Waals surface area (Å²) in [5.74, 6) is -1.43. The molecule has 0 aliphatic rings. The highest BCUT2D eigenvalue weighted by Crippen LogP contribution is 2.22. The summed E-state index contributed by atoms with van der Waals surface area (Å²) < 4.78 is 26.8. The summed E-state index contributed by atoms with van der Waals surface area (Å²) in [7, 11) is 0. The molecule has 0 radical (unpaired) electrons. The summed E-state index contributed by atoms with van der Waals surface area (Å²) >= 11 is 1.69. The fraction of sp³-hybridized carbons (Fsp3) is 0.538. The predicted octanol–water partition coefficient (Wildman–Crippen LogP) is 2.73. The lowest BCUT2D eigenvalue weighted by Gasteiger charge is -2.23. The van der Waals surface area contributed by atoms with Gasteiger partial charge < -0.3 is 10.4 Å². The molecule has 0 aromatic heterocycles. The average molecular weight is 275 g/mol. The Morgan fingerprint density at radius 2 is 1.89 bits per heavy atom. The Morgan fingerprint density at radius 1 is 1.33 bits per heavy atom. The summed E-state index contributed by atoms with van der Waals surface area (Å²) in [5, 5.41) is 12.8. The maximum absolute atomic E-state index is 13.4. The third-order valence-corrected chi connectivity index (χ3v) is 4.02. The first kappa shape index (κ1) is 15.4. The van der Waals surface area contributed by atoms with Crippen molar-refractivity contribution in [2.45, 2.75) is 24.7 Å². The summed E-state index contributed by atoms with van der Waals surface area (Å²) in [6, 6.07) is 3.58. The Morgan fingerprint density at radius 3 is 2.39 bits per heavy atom. The van der Waals surface area contributed by atoms with E-state index in [0.29, 0.717) is 6.54 Å². The van der Waals surface area contributed by atoms with Crippen LogP contribution in [0.1, 0.15) is 25.5 Å². The monoisotopic (exact) mass is 275 g/mol. The van der Waals surface area contributed by atoms with Crippen molar-refractivity contribution in [3.8, 4) is 0 Å². The van der Waals surface area contributed by atoms with Gasteiger partial charge in [0.05, 0.1) is 11.7 Å². The SMILES string of the molecule is CSC(C)(C)CNCC(O)c1c(F)cccc1F. The minimum Gasteiger partial charge on any atom is -0.387 e. The van der Waals surface area contributed by atoms with Gasteiger partial charge in [-0.3, -0.25) is 0 Å². The van der Waals surface area contributed by atoms with Gasteiger partial charge in [0.1, 0.15) is 11.6 Å². The fourth-order valence-electron chi connectivity index (χ4n) is 1.51. The molecule has 0 spiro atoms. The number of benzene rings is 1. The van der Waals surface area contributed by atoms with Crippen molar-refractivity contribution < 1.29 is 13.9 Å². The van der Waals surface area contributed by atoms with Crippen molar-refractivity contribution in [1.29, 1.82) is 0 Å². The lowest BCUT2D eigenvalue weighted by Crippen LogP contribution is -2.34. The zero-order chi connectivity index (χ0) is 13.8. The van der Waals surface area contributed by atoms with Gasteiger partial charge in [-0.15, -0.1) is 0 Å². The molecule has 0 bridgehead atoms. The smallest absolute Gasteiger partial charge is 0.131 e. The maximum Gasteiger partial charge on any atom is 0.131 e. The number of nitrogens with one attached hydrogen (secondary N) is 1. The highest BCUT2D eigenvalue weighted by molar-refractivity contribution is 7.99. The number of halogens is 2. The van der Waals surface area contributed by atoms with Gasteiger partial charge in [0.25, 0.3) is 0 Å². The standard InChI is InChI=1S/C13H19F2NOS/c1-13(2,18-3)8-16-7-11(17)12-9(14)5-4-6-10(12)15/h4-6,11,16-17H,7-8H2,1-3H3. The van der Waals surface area contributed by atoms with Crippen LogP contribution in [0.3, 0.4) is 0 Å². The molecule has 0 saturated heterocycles. The van der Waals surface area contributed by atoms with Crippen molar-refractivity contribution in [2.24, 2.45) is 0 Å². The number of aliphatic hydroxyl groups excluding tert-OH is 1. The van der Waals surface area contributed by atoms with Gasteiger partial charge in [0.15, 0.2) is 0 Å². The van der Waals surface area contributed by atoms with E-state index in [1.54, 1.807) is 11.8 Å². The molecule has 2 N–H and O–H groups in total. The van der Waals surface area contributed by atoms with Crippen LogP contribution in [0.2, 0.25) is 0 Å². The number of hydrogen-bond acceptors (Lipinski definition) is 3. The molecule has 0 aliphatic heterocycles. The second kappa shape index (κ2) is 6.50. The molecule has 1 aromatic carbocycles. The molecule has 0 aliphatic carbocycles. The average Bonchev–Trinajstić information content (AvgIpc) is 2.28. The molecular formula is C13H19F2NOS. The number of hydrogen-bond donors (Lipinski definition) is 2. The van der Waals surface area contributed by atoms with E-state index < -0.39 is 17.7 Å². The largest absolute Gasteiger partial charge is 0.387 e. The van der Waals surface area contributed by atoms with Crippen LogP contribution < -0.4 is 5.32 Å². The zero-order valence-electron chi connectivity index (χ0n) is 10.8. The van der Waals surface area contributed by atoms with Gasteiger partial charge in [-0.1, -0.05) is 6.07 Å². The summed E-state index contributed by atoms with van der Waals surface area (Å²) in [6.07, 6.45) is 0.818.